The van der Waals surface area contributed by atoms with E-state index >= 15 is 0 Å². The van der Waals surface area contributed by atoms with E-state index in [1.807, 2.05) is 32.9 Å². The molecule has 0 aliphatic carbocycles. The van der Waals surface area contributed by atoms with Crippen molar-refractivity contribution >= 4 is 17.5 Å². The van der Waals surface area contributed by atoms with Crippen LogP contribution in [0.2, 0.25) is 0 Å². The SMILES string of the molecule is COc1cc(/C=C/C(=O)c2cc(C)c(C)cc2C)cc([N+](=O)[O-])c1O. The molecule has 2 aromatic carbocycles. The Balaban J connectivity index is 2.39. The molecule has 2 rings (SSSR count). The number of hydrogen-bond acceptors (Lipinski definition) is 5. The van der Waals surface area contributed by atoms with Gasteiger partial charge in [-0.25, -0.2) is 0 Å². The van der Waals surface area contributed by atoms with Gasteiger partial charge in [-0.1, -0.05) is 12.1 Å². The van der Waals surface area contributed by atoms with Gasteiger partial charge in [0.2, 0.25) is 5.75 Å². The predicted molar refractivity (Wildman–Crippen MR) is 95.3 cm³/mol. The highest BCUT2D eigenvalue weighted by Crippen LogP contribution is 2.37. The number of aryl methyl sites for hydroxylation is 3. The summed E-state index contributed by atoms with van der Waals surface area (Å²) in [5.41, 5.74) is 3.48. The van der Waals surface area contributed by atoms with Crippen molar-refractivity contribution < 1.29 is 19.6 Å². The number of aromatic hydroxyl groups is 1. The lowest BCUT2D eigenvalue weighted by Gasteiger charge is -2.07. The first kappa shape index (κ1) is 18.2. The number of benzene rings is 2. The first-order valence-electron chi connectivity index (χ1n) is 7.60. The lowest BCUT2D eigenvalue weighted by Crippen LogP contribution is -2.00. The van der Waals surface area contributed by atoms with Crippen LogP contribution in [0.15, 0.2) is 30.3 Å². The van der Waals surface area contributed by atoms with Crippen molar-refractivity contribution in [3.63, 3.8) is 0 Å². The molecule has 0 fully saturated rings. The molecule has 0 aromatic heterocycles. The number of hydrogen-bond donors (Lipinski definition) is 1. The third-order valence-electron chi connectivity index (χ3n) is 4.03. The average molecular weight is 341 g/mol. The van der Waals surface area contributed by atoms with Crippen LogP contribution in [-0.4, -0.2) is 22.9 Å². The molecular formula is C19H19NO5. The molecule has 6 heteroatoms. The molecule has 25 heavy (non-hydrogen) atoms. The van der Waals surface area contributed by atoms with Gasteiger partial charge in [-0.05, 0) is 61.2 Å². The van der Waals surface area contributed by atoms with Crippen LogP contribution < -0.4 is 4.74 Å². The zero-order valence-electron chi connectivity index (χ0n) is 14.5. The van der Waals surface area contributed by atoms with Crippen LogP contribution in [0.4, 0.5) is 5.69 Å². The van der Waals surface area contributed by atoms with Crippen molar-refractivity contribution in [3.8, 4) is 11.5 Å². The fourth-order valence-corrected chi connectivity index (χ4v) is 2.49. The number of carbonyl (C=O) groups is 1. The van der Waals surface area contributed by atoms with Crippen LogP contribution in [0.1, 0.15) is 32.6 Å². The molecule has 0 spiro atoms. The number of nitro groups is 1. The molecule has 2 aromatic rings. The highest BCUT2D eigenvalue weighted by atomic mass is 16.6. The number of methoxy groups -OCH3 is 1. The van der Waals surface area contributed by atoms with E-state index in [1.165, 1.54) is 31.4 Å². The van der Waals surface area contributed by atoms with E-state index in [2.05, 4.69) is 0 Å². The van der Waals surface area contributed by atoms with E-state index in [0.717, 1.165) is 16.7 Å². The summed E-state index contributed by atoms with van der Waals surface area (Å²) in [6.07, 6.45) is 2.82. The summed E-state index contributed by atoms with van der Waals surface area (Å²) in [4.78, 5) is 22.8. The number of nitrogens with zero attached hydrogens (tertiary/aromatic N) is 1. The molecule has 130 valence electrons. The summed E-state index contributed by atoms with van der Waals surface area (Å²) in [5, 5.41) is 20.8. The van der Waals surface area contributed by atoms with Crippen LogP contribution in [0, 0.1) is 30.9 Å². The van der Waals surface area contributed by atoms with Gasteiger partial charge < -0.3 is 9.84 Å². The second kappa shape index (κ2) is 7.17. The number of rotatable bonds is 5. The third kappa shape index (κ3) is 3.85. The van der Waals surface area contributed by atoms with E-state index < -0.39 is 16.4 Å². The van der Waals surface area contributed by atoms with Crippen molar-refractivity contribution in [1.82, 2.24) is 0 Å². The Kier molecular flexibility index (Phi) is 5.22. The fraction of sp³-hybridized carbons (Fsp3) is 0.211. The van der Waals surface area contributed by atoms with Crippen molar-refractivity contribution in [1.29, 1.82) is 0 Å². The second-order valence-corrected chi connectivity index (χ2v) is 5.80. The number of phenols is 1. The maximum Gasteiger partial charge on any atom is 0.315 e. The summed E-state index contributed by atoms with van der Waals surface area (Å²) in [7, 11) is 1.30. The van der Waals surface area contributed by atoms with Crippen LogP contribution >= 0.6 is 0 Å². The van der Waals surface area contributed by atoms with Crippen molar-refractivity contribution in [3.05, 3.63) is 68.3 Å². The van der Waals surface area contributed by atoms with Gasteiger partial charge >= 0.3 is 5.69 Å². The predicted octanol–water partition coefficient (Wildman–Crippen LogP) is 4.13. The zero-order chi connectivity index (χ0) is 18.7. The number of phenolic OH excluding ortho intramolecular Hbond substituents is 1. The van der Waals surface area contributed by atoms with Crippen LogP contribution in [0.5, 0.6) is 11.5 Å². The van der Waals surface area contributed by atoms with E-state index in [9.17, 15) is 20.0 Å². The Hall–Kier alpha value is -3.15. The monoisotopic (exact) mass is 341 g/mol. The number of carbonyl (C=O) groups excluding carboxylic acids is 1. The Morgan fingerprint density at radius 2 is 1.76 bits per heavy atom. The quantitative estimate of drug-likeness (QED) is 0.382. The van der Waals surface area contributed by atoms with Crippen molar-refractivity contribution in [2.75, 3.05) is 7.11 Å². The maximum atomic E-state index is 12.4. The van der Waals surface area contributed by atoms with E-state index in [1.54, 1.807) is 0 Å². The molecule has 0 bridgehead atoms. The van der Waals surface area contributed by atoms with Gasteiger partial charge in [0.15, 0.2) is 11.5 Å². The fourth-order valence-electron chi connectivity index (χ4n) is 2.49. The van der Waals surface area contributed by atoms with Gasteiger partial charge in [-0.15, -0.1) is 0 Å². The molecular weight excluding hydrogens is 322 g/mol. The summed E-state index contributed by atoms with van der Waals surface area (Å²) < 4.78 is 4.94. The summed E-state index contributed by atoms with van der Waals surface area (Å²) >= 11 is 0. The van der Waals surface area contributed by atoms with Gasteiger partial charge in [0, 0.05) is 11.6 Å². The maximum absolute atomic E-state index is 12.4. The lowest BCUT2D eigenvalue weighted by atomic mass is 9.97. The normalized spacial score (nSPS) is 10.9. The van der Waals surface area contributed by atoms with E-state index in [-0.39, 0.29) is 11.5 Å². The smallest absolute Gasteiger partial charge is 0.315 e. The van der Waals surface area contributed by atoms with Gasteiger partial charge in [0.25, 0.3) is 0 Å². The highest BCUT2D eigenvalue weighted by Gasteiger charge is 2.19. The van der Waals surface area contributed by atoms with Crippen LogP contribution in [-0.2, 0) is 0 Å². The first-order chi connectivity index (χ1) is 11.7. The minimum Gasteiger partial charge on any atom is -0.500 e. The molecule has 0 unspecified atom stereocenters. The minimum absolute atomic E-state index is 0.0244. The molecule has 0 aliphatic rings. The molecule has 6 nitrogen and oxygen atoms in total. The Bertz CT molecular complexity index is 884. The number of ketones is 1. The summed E-state index contributed by atoms with van der Waals surface area (Å²) in [5.74, 6) is -0.764. The minimum atomic E-state index is -0.704. The van der Waals surface area contributed by atoms with Crippen LogP contribution in [0.3, 0.4) is 0 Å². The molecule has 1 N–H and O–H groups in total. The van der Waals surface area contributed by atoms with Gasteiger partial charge in [0.1, 0.15) is 0 Å². The largest absolute Gasteiger partial charge is 0.500 e. The summed E-state index contributed by atoms with van der Waals surface area (Å²) in [6, 6.07) is 6.40. The molecule has 0 aliphatic heterocycles. The highest BCUT2D eigenvalue weighted by molar-refractivity contribution is 6.08. The van der Waals surface area contributed by atoms with Gasteiger partial charge in [-0.3, -0.25) is 14.9 Å². The van der Waals surface area contributed by atoms with E-state index in [0.29, 0.717) is 11.1 Å². The molecule has 0 atom stereocenters. The van der Waals surface area contributed by atoms with Crippen molar-refractivity contribution in [2.24, 2.45) is 0 Å². The van der Waals surface area contributed by atoms with E-state index in [4.69, 9.17) is 4.74 Å². The first-order valence-corrected chi connectivity index (χ1v) is 7.60. The number of ether oxygens (including phenoxy) is 1. The Morgan fingerprint density at radius 3 is 2.36 bits per heavy atom. The molecule has 0 amide bonds. The molecule has 0 radical (unpaired) electrons. The second-order valence-electron chi connectivity index (χ2n) is 5.80. The molecule has 0 heterocycles. The summed E-state index contributed by atoms with van der Waals surface area (Å²) in [6.45, 7) is 5.78. The average Bonchev–Trinajstić information content (AvgIpc) is 2.56. The van der Waals surface area contributed by atoms with Crippen molar-refractivity contribution in [2.45, 2.75) is 20.8 Å². The standard InChI is InChI=1S/C19H19NO5/c1-11-7-13(3)15(8-12(11)2)17(21)6-5-14-9-16(20(23)24)19(22)18(10-14)25-4/h5-10,22H,1-4H3/b6-5+. The van der Waals surface area contributed by atoms with Crippen LogP contribution in [0.25, 0.3) is 6.08 Å². The van der Waals surface area contributed by atoms with Gasteiger partial charge in [0.05, 0.1) is 12.0 Å². The topological polar surface area (TPSA) is 89.7 Å². The third-order valence-corrected chi connectivity index (χ3v) is 4.03. The number of allylic oxidation sites excluding steroid dienone is 1. The Morgan fingerprint density at radius 1 is 1.12 bits per heavy atom. The lowest BCUT2D eigenvalue weighted by molar-refractivity contribution is -0.386. The van der Waals surface area contributed by atoms with Gasteiger partial charge in [-0.2, -0.15) is 0 Å². The zero-order valence-corrected chi connectivity index (χ0v) is 14.5. The number of nitro benzene ring substituents is 1. The molecule has 0 saturated heterocycles. The molecule has 0 saturated carbocycles. The Labute approximate surface area is 145 Å².